The van der Waals surface area contributed by atoms with Gasteiger partial charge < -0.3 is 10.1 Å². The van der Waals surface area contributed by atoms with Crippen molar-refractivity contribution in [2.45, 2.75) is 26.7 Å². The van der Waals surface area contributed by atoms with Crippen molar-refractivity contribution in [2.24, 2.45) is 0 Å². The van der Waals surface area contributed by atoms with Crippen molar-refractivity contribution in [1.29, 1.82) is 0 Å². The van der Waals surface area contributed by atoms with Gasteiger partial charge in [-0.3, -0.25) is 4.79 Å². The second-order valence-corrected chi connectivity index (χ2v) is 5.67. The maximum Gasteiger partial charge on any atom is 0.224 e. The van der Waals surface area contributed by atoms with Crippen LogP contribution in [0.4, 0.5) is 5.69 Å². The van der Waals surface area contributed by atoms with E-state index in [-0.39, 0.29) is 5.91 Å². The first-order valence-electron chi connectivity index (χ1n) is 6.44. The van der Waals surface area contributed by atoms with E-state index in [0.29, 0.717) is 24.3 Å². The molecule has 1 aromatic heterocycles. The fourth-order valence-electron chi connectivity index (χ4n) is 1.90. The molecule has 20 heavy (non-hydrogen) atoms. The maximum atomic E-state index is 12.0. The van der Waals surface area contributed by atoms with Gasteiger partial charge in [0.1, 0.15) is 5.75 Å². The molecule has 2 rings (SSSR count). The Morgan fingerprint density at radius 1 is 1.40 bits per heavy atom. The van der Waals surface area contributed by atoms with Crippen molar-refractivity contribution in [3.05, 3.63) is 39.8 Å². The summed E-state index contributed by atoms with van der Waals surface area (Å²) in [5, 5.41) is 5.92. The summed E-state index contributed by atoms with van der Waals surface area (Å²) in [4.78, 5) is 16.3. The number of carbonyl (C=O) groups is 1. The zero-order valence-corrected chi connectivity index (χ0v) is 12.7. The Morgan fingerprint density at radius 2 is 2.20 bits per heavy atom. The Labute approximate surface area is 122 Å². The first-order valence-corrected chi connectivity index (χ1v) is 7.32. The van der Waals surface area contributed by atoms with E-state index in [1.165, 1.54) is 0 Å². The molecular formula is C15H18N2O2S. The Balaban J connectivity index is 1.96. The highest BCUT2D eigenvalue weighted by Crippen LogP contribution is 2.25. The first-order chi connectivity index (χ1) is 9.58. The highest BCUT2D eigenvalue weighted by molar-refractivity contribution is 7.09. The zero-order chi connectivity index (χ0) is 14.5. The molecule has 0 bridgehead atoms. The van der Waals surface area contributed by atoms with Gasteiger partial charge >= 0.3 is 0 Å². The number of anilines is 1. The van der Waals surface area contributed by atoms with Crippen LogP contribution in [0.1, 0.15) is 22.7 Å². The summed E-state index contributed by atoms with van der Waals surface area (Å²) in [5.41, 5.74) is 2.77. The monoisotopic (exact) mass is 290 g/mol. The minimum Gasteiger partial charge on any atom is -0.495 e. The van der Waals surface area contributed by atoms with E-state index in [1.54, 1.807) is 18.4 Å². The largest absolute Gasteiger partial charge is 0.495 e. The number of nitrogens with one attached hydrogen (secondary N) is 1. The van der Waals surface area contributed by atoms with Crippen LogP contribution < -0.4 is 10.1 Å². The van der Waals surface area contributed by atoms with E-state index in [9.17, 15) is 4.79 Å². The van der Waals surface area contributed by atoms with Crippen LogP contribution in [0.5, 0.6) is 5.75 Å². The Bertz CT molecular complexity index is 608. The number of hydrogen-bond donors (Lipinski definition) is 1. The predicted molar refractivity (Wildman–Crippen MR) is 81.5 cm³/mol. The lowest BCUT2D eigenvalue weighted by atomic mass is 10.2. The normalized spacial score (nSPS) is 10.3. The molecule has 0 aliphatic carbocycles. The van der Waals surface area contributed by atoms with E-state index in [2.05, 4.69) is 10.3 Å². The lowest BCUT2D eigenvalue weighted by molar-refractivity contribution is -0.116. The molecule has 0 aliphatic heterocycles. The van der Waals surface area contributed by atoms with E-state index in [0.717, 1.165) is 16.3 Å². The van der Waals surface area contributed by atoms with Crippen LogP contribution in [-0.4, -0.2) is 18.0 Å². The van der Waals surface area contributed by atoms with E-state index in [4.69, 9.17) is 4.74 Å². The minimum absolute atomic E-state index is 0.0282. The van der Waals surface area contributed by atoms with Gasteiger partial charge in [-0.15, -0.1) is 11.3 Å². The molecule has 5 heteroatoms. The lowest BCUT2D eigenvalue weighted by Crippen LogP contribution is -2.13. The molecule has 1 N–H and O–H groups in total. The summed E-state index contributed by atoms with van der Waals surface area (Å²) >= 11 is 1.61. The molecule has 4 nitrogen and oxygen atoms in total. The molecule has 106 valence electrons. The average Bonchev–Trinajstić information content (AvgIpc) is 2.83. The van der Waals surface area contributed by atoms with Gasteiger partial charge in [-0.1, -0.05) is 6.07 Å². The Kier molecular flexibility index (Phi) is 4.74. The molecule has 0 fully saturated rings. The number of methoxy groups -OCH3 is 1. The maximum absolute atomic E-state index is 12.0. The number of thiazole rings is 1. The molecule has 1 amide bonds. The quantitative estimate of drug-likeness (QED) is 0.919. The number of benzene rings is 1. The van der Waals surface area contributed by atoms with Crippen LogP contribution in [0.25, 0.3) is 0 Å². The fourth-order valence-corrected chi connectivity index (χ4v) is 2.54. The highest BCUT2D eigenvalue weighted by Gasteiger charge is 2.09. The molecule has 2 aromatic rings. The molecule has 1 heterocycles. The smallest absolute Gasteiger partial charge is 0.224 e. The van der Waals surface area contributed by atoms with Gasteiger partial charge in [0.15, 0.2) is 0 Å². The van der Waals surface area contributed by atoms with Gasteiger partial charge in [-0.05, 0) is 38.0 Å². The number of aryl methyl sites for hydroxylation is 3. The fraction of sp³-hybridized carbons (Fsp3) is 0.333. The van der Waals surface area contributed by atoms with Crippen LogP contribution in [0.15, 0.2) is 23.6 Å². The van der Waals surface area contributed by atoms with Crippen LogP contribution >= 0.6 is 11.3 Å². The number of carbonyl (C=O) groups excluding carboxylic acids is 1. The lowest BCUT2D eigenvalue weighted by Gasteiger charge is -2.10. The van der Waals surface area contributed by atoms with Crippen molar-refractivity contribution in [1.82, 2.24) is 4.98 Å². The van der Waals surface area contributed by atoms with Gasteiger partial charge in [0.05, 0.1) is 23.5 Å². The van der Waals surface area contributed by atoms with E-state index in [1.807, 2.05) is 37.4 Å². The Morgan fingerprint density at radius 3 is 2.85 bits per heavy atom. The molecule has 1 aromatic carbocycles. The highest BCUT2D eigenvalue weighted by atomic mass is 32.1. The van der Waals surface area contributed by atoms with Crippen LogP contribution in [-0.2, 0) is 11.2 Å². The first kappa shape index (κ1) is 14.5. The number of aromatic nitrogens is 1. The topological polar surface area (TPSA) is 51.2 Å². The Hall–Kier alpha value is -1.88. The number of amides is 1. The third-order valence-corrected chi connectivity index (χ3v) is 3.73. The molecule has 0 radical (unpaired) electrons. The summed E-state index contributed by atoms with van der Waals surface area (Å²) < 4.78 is 5.24. The number of nitrogens with zero attached hydrogens (tertiary/aromatic N) is 1. The molecular weight excluding hydrogens is 272 g/mol. The van der Waals surface area contributed by atoms with Crippen molar-refractivity contribution >= 4 is 22.9 Å². The van der Waals surface area contributed by atoms with Crippen LogP contribution in [0.3, 0.4) is 0 Å². The number of rotatable bonds is 5. The third-order valence-electron chi connectivity index (χ3n) is 2.90. The second kappa shape index (κ2) is 6.52. The minimum atomic E-state index is -0.0282. The van der Waals surface area contributed by atoms with Crippen molar-refractivity contribution in [3.63, 3.8) is 0 Å². The van der Waals surface area contributed by atoms with Crippen molar-refractivity contribution in [3.8, 4) is 5.75 Å². The van der Waals surface area contributed by atoms with Gasteiger partial charge in [0, 0.05) is 11.8 Å². The standard InChI is InChI=1S/C15H18N2O2S/c1-10-4-6-14(19-3)13(8-10)17-15(18)7-5-12-9-20-11(2)16-12/h4,6,8-9H,5,7H2,1-3H3,(H,17,18). The van der Waals surface area contributed by atoms with Gasteiger partial charge in [-0.25, -0.2) is 4.98 Å². The molecule has 0 saturated carbocycles. The molecule has 0 aliphatic rings. The summed E-state index contributed by atoms with van der Waals surface area (Å²) in [6.07, 6.45) is 1.07. The van der Waals surface area contributed by atoms with Crippen LogP contribution in [0, 0.1) is 13.8 Å². The SMILES string of the molecule is COc1ccc(C)cc1NC(=O)CCc1csc(C)n1. The summed E-state index contributed by atoms with van der Waals surface area (Å²) in [6, 6.07) is 5.71. The summed E-state index contributed by atoms with van der Waals surface area (Å²) in [7, 11) is 1.60. The van der Waals surface area contributed by atoms with Gasteiger partial charge in [-0.2, -0.15) is 0 Å². The summed E-state index contributed by atoms with van der Waals surface area (Å²) in [5.74, 6) is 0.646. The molecule has 0 atom stereocenters. The average molecular weight is 290 g/mol. The molecule has 0 saturated heterocycles. The van der Waals surface area contributed by atoms with E-state index < -0.39 is 0 Å². The third kappa shape index (κ3) is 3.81. The van der Waals surface area contributed by atoms with Crippen molar-refractivity contribution < 1.29 is 9.53 Å². The van der Waals surface area contributed by atoms with Crippen LogP contribution in [0.2, 0.25) is 0 Å². The molecule has 0 spiro atoms. The number of hydrogen-bond acceptors (Lipinski definition) is 4. The molecule has 0 unspecified atom stereocenters. The second-order valence-electron chi connectivity index (χ2n) is 4.61. The van der Waals surface area contributed by atoms with Gasteiger partial charge in [0.2, 0.25) is 5.91 Å². The van der Waals surface area contributed by atoms with E-state index >= 15 is 0 Å². The van der Waals surface area contributed by atoms with Crippen molar-refractivity contribution in [2.75, 3.05) is 12.4 Å². The predicted octanol–water partition coefficient (Wildman–Crippen LogP) is 3.34. The number of ether oxygens (including phenoxy) is 1. The zero-order valence-electron chi connectivity index (χ0n) is 11.9. The summed E-state index contributed by atoms with van der Waals surface area (Å²) in [6.45, 7) is 3.94. The van der Waals surface area contributed by atoms with Gasteiger partial charge in [0.25, 0.3) is 0 Å².